The van der Waals surface area contributed by atoms with Gasteiger partial charge in [-0.05, 0) is 212 Å². The van der Waals surface area contributed by atoms with E-state index in [0.717, 1.165) is 28.4 Å². The normalized spacial score (nSPS) is 11.6. The Morgan fingerprint density at radius 3 is 0.673 bits per heavy atom. The summed E-state index contributed by atoms with van der Waals surface area (Å²) in [4.78, 5) is 0. The average molecular weight is 1910 g/mol. The van der Waals surface area contributed by atoms with Crippen molar-refractivity contribution in [2.24, 2.45) is 0 Å². The van der Waals surface area contributed by atoms with E-state index in [-0.39, 0.29) is 0 Å². The molecule has 6 nitrogen and oxygen atoms in total. The van der Waals surface area contributed by atoms with Crippen molar-refractivity contribution in [1.29, 1.82) is 0 Å². The van der Waals surface area contributed by atoms with E-state index < -0.39 is 0 Å². The van der Waals surface area contributed by atoms with Crippen molar-refractivity contribution in [1.82, 2.24) is 27.4 Å². The molecule has 6 aromatic heterocycles. The molecule has 6 heterocycles. The van der Waals surface area contributed by atoms with Gasteiger partial charge < -0.3 is 27.4 Å². The second kappa shape index (κ2) is 37.4. The van der Waals surface area contributed by atoms with Crippen LogP contribution in [0.15, 0.2) is 582 Å². The Balaban J connectivity index is 0.000000108. The molecular formula is C144H96N6. The predicted molar refractivity (Wildman–Crippen MR) is 634 cm³/mol. The fourth-order valence-corrected chi connectivity index (χ4v) is 23.7. The number of rotatable bonds is 15. The molecule has 0 spiro atoms. The quantitative estimate of drug-likeness (QED) is 0.0979. The van der Waals surface area contributed by atoms with E-state index in [4.69, 9.17) is 0 Å². The molecule has 0 atom stereocenters. The van der Waals surface area contributed by atoms with Gasteiger partial charge in [0, 0.05) is 121 Å². The van der Waals surface area contributed by atoms with Crippen LogP contribution in [0.3, 0.4) is 0 Å². The third-order valence-corrected chi connectivity index (χ3v) is 30.3. The Hall–Kier alpha value is -19.9. The molecule has 0 saturated heterocycles. The monoisotopic (exact) mass is 1910 g/mol. The molecule has 702 valence electrons. The van der Waals surface area contributed by atoms with Crippen molar-refractivity contribution in [3.05, 3.63) is 582 Å². The Kier molecular flexibility index (Phi) is 21.9. The number of hydrogen-bond donors (Lipinski definition) is 0. The largest absolute Gasteiger partial charge is 0.309 e. The van der Waals surface area contributed by atoms with Gasteiger partial charge in [0.15, 0.2) is 0 Å². The lowest BCUT2D eigenvalue weighted by Gasteiger charge is -2.19. The van der Waals surface area contributed by atoms with Crippen molar-refractivity contribution in [2.75, 3.05) is 0 Å². The number of aromatic nitrogens is 6. The standard InChI is InChI=1S/3C48H32N2/c1-4-15-33(16-5-1)38-29-28-37(32-43(38)34-17-6-2-7-18-34)49-45-25-12-11-22-41(45)44-31-35(27-30-47(44)49)39-23-14-24-42-40-21-10-13-26-46(40)50(48(39)42)36-19-8-3-9-20-36;1-4-15-33(16-5-1)36-29-37(34-17-6-2-7-18-34)31-39(30-36)49-45-25-12-11-22-42(45)44-32-35(27-28-47(44)49)40-23-14-24-43-41-21-10-13-26-46(41)50(48(40)43)38-19-8-3-9-20-38;1-4-16-33(17-5-1)37-24-14-25-38(34-18-6-2-7-19-34)47(37)50-45-29-13-11-23-41(45)43-32-35(30-31-46(43)50)39-26-15-27-42-40-22-10-12-28-44(40)49(48(39)42)36-20-8-3-9-21-36/h3*1-32H. The second-order valence-electron chi connectivity index (χ2n) is 38.8. The molecule has 150 heavy (non-hydrogen) atoms. The van der Waals surface area contributed by atoms with Crippen LogP contribution in [0.25, 0.3) is 265 Å². The molecule has 0 bridgehead atoms. The number of benzene rings is 24. The summed E-state index contributed by atoms with van der Waals surface area (Å²) < 4.78 is 14.6. The zero-order valence-corrected chi connectivity index (χ0v) is 82.1. The molecule has 30 rings (SSSR count). The third kappa shape index (κ3) is 15.1. The molecule has 0 aliphatic rings. The van der Waals surface area contributed by atoms with Gasteiger partial charge in [-0.2, -0.15) is 0 Å². The van der Waals surface area contributed by atoms with Crippen LogP contribution in [0.1, 0.15) is 0 Å². The van der Waals surface area contributed by atoms with Gasteiger partial charge in [-0.3, -0.25) is 0 Å². The van der Waals surface area contributed by atoms with Crippen molar-refractivity contribution >= 4 is 131 Å². The Morgan fingerprint density at radius 1 is 0.0933 bits per heavy atom. The van der Waals surface area contributed by atoms with Crippen LogP contribution in [0.5, 0.6) is 0 Å². The second-order valence-corrected chi connectivity index (χ2v) is 38.8. The van der Waals surface area contributed by atoms with E-state index in [1.165, 1.54) is 237 Å². The Labute approximate surface area is 868 Å². The smallest absolute Gasteiger partial charge is 0.0619 e. The van der Waals surface area contributed by atoms with Crippen LogP contribution in [0.2, 0.25) is 0 Å². The summed E-state index contributed by atoms with van der Waals surface area (Å²) in [6.07, 6.45) is 0. The van der Waals surface area contributed by atoms with E-state index in [1.807, 2.05) is 0 Å². The molecule has 6 heteroatoms. The molecule has 0 unspecified atom stereocenters. The lowest BCUT2D eigenvalue weighted by atomic mass is 9.94. The fraction of sp³-hybridized carbons (Fsp3) is 0. The maximum atomic E-state index is 2.49. The minimum Gasteiger partial charge on any atom is -0.309 e. The first kappa shape index (κ1) is 87.8. The molecule has 0 aliphatic carbocycles. The molecule has 0 aliphatic heterocycles. The van der Waals surface area contributed by atoms with Gasteiger partial charge in [-0.1, -0.05) is 443 Å². The first-order valence-electron chi connectivity index (χ1n) is 51.6. The van der Waals surface area contributed by atoms with Crippen LogP contribution in [-0.2, 0) is 0 Å². The minimum atomic E-state index is 1.15. The van der Waals surface area contributed by atoms with Crippen LogP contribution in [0.4, 0.5) is 0 Å². The topological polar surface area (TPSA) is 29.6 Å². The predicted octanol–water partition coefficient (Wildman–Crippen LogP) is 38.6. The number of fused-ring (bicyclic) bond motifs is 18. The van der Waals surface area contributed by atoms with Crippen molar-refractivity contribution in [3.63, 3.8) is 0 Å². The van der Waals surface area contributed by atoms with E-state index in [9.17, 15) is 0 Å². The molecule has 0 N–H and O–H groups in total. The molecular weight excluding hydrogens is 1810 g/mol. The summed E-state index contributed by atoms with van der Waals surface area (Å²) >= 11 is 0. The summed E-state index contributed by atoms with van der Waals surface area (Å²) in [5, 5.41) is 15.0. The van der Waals surface area contributed by atoms with Gasteiger partial charge in [0.2, 0.25) is 0 Å². The Bertz CT molecular complexity index is 10300. The zero-order chi connectivity index (χ0) is 99.1. The Morgan fingerprint density at radius 2 is 0.333 bits per heavy atom. The number of hydrogen-bond acceptors (Lipinski definition) is 0. The summed E-state index contributed by atoms with van der Waals surface area (Å²) in [5.41, 5.74) is 43.2. The molecule has 30 aromatic rings. The minimum absolute atomic E-state index is 1.15. The van der Waals surface area contributed by atoms with E-state index in [1.54, 1.807) is 0 Å². The van der Waals surface area contributed by atoms with Crippen LogP contribution in [0, 0.1) is 0 Å². The highest BCUT2D eigenvalue weighted by Gasteiger charge is 2.27. The van der Waals surface area contributed by atoms with Crippen LogP contribution in [-0.4, -0.2) is 27.4 Å². The van der Waals surface area contributed by atoms with Gasteiger partial charge in [-0.25, -0.2) is 0 Å². The number of para-hydroxylation sites is 13. The zero-order valence-electron chi connectivity index (χ0n) is 82.1. The van der Waals surface area contributed by atoms with Gasteiger partial charge in [0.1, 0.15) is 0 Å². The van der Waals surface area contributed by atoms with Crippen molar-refractivity contribution < 1.29 is 0 Å². The molecule has 24 aromatic carbocycles. The first-order chi connectivity index (χ1) is 74.5. The summed E-state index contributed by atoms with van der Waals surface area (Å²) in [5.74, 6) is 0. The van der Waals surface area contributed by atoms with Gasteiger partial charge in [0.25, 0.3) is 0 Å². The lowest BCUT2D eigenvalue weighted by Crippen LogP contribution is -2.00. The van der Waals surface area contributed by atoms with Crippen LogP contribution < -0.4 is 0 Å². The van der Waals surface area contributed by atoms with Crippen molar-refractivity contribution in [2.45, 2.75) is 0 Å². The lowest BCUT2D eigenvalue weighted by molar-refractivity contribution is 1.18. The first-order valence-corrected chi connectivity index (χ1v) is 51.6. The molecule has 0 fully saturated rings. The SMILES string of the molecule is c1ccc(-c2cc(-c3ccccc3)cc(-n3c4ccccc4c4cc(-c5cccc6c7ccccc7n(-c7ccccc7)c56)ccc43)c2)cc1.c1ccc(-c2ccc(-n3c4ccccc4c4cc(-c5cccc6c7ccccc7n(-c7ccccc7)c56)ccc43)cc2-c2ccccc2)cc1.c1ccc(-c2cccc(-c3ccccc3)c2-n2c3ccccc3c3cc(-c4cccc5c6ccccc6n(-c6ccccc6)c45)ccc32)cc1. The maximum Gasteiger partial charge on any atom is 0.0619 e. The van der Waals surface area contributed by atoms with E-state index >= 15 is 0 Å². The van der Waals surface area contributed by atoms with E-state index in [2.05, 4.69) is 610 Å². The summed E-state index contributed by atoms with van der Waals surface area (Å²) in [7, 11) is 0. The number of nitrogens with zero attached hydrogens (tertiary/aromatic N) is 6. The maximum absolute atomic E-state index is 2.49. The summed E-state index contributed by atoms with van der Waals surface area (Å²) in [6.45, 7) is 0. The highest BCUT2D eigenvalue weighted by Crippen LogP contribution is 2.50. The summed E-state index contributed by atoms with van der Waals surface area (Å²) in [6, 6.07) is 211. The highest BCUT2D eigenvalue weighted by atomic mass is 15.0. The fourth-order valence-electron chi connectivity index (χ4n) is 23.7. The van der Waals surface area contributed by atoms with Gasteiger partial charge in [-0.15, -0.1) is 0 Å². The van der Waals surface area contributed by atoms with E-state index in [0.29, 0.717) is 0 Å². The highest BCUT2D eigenvalue weighted by molar-refractivity contribution is 6.21. The average Bonchev–Trinajstić information content (AvgIpc) is 1.54. The van der Waals surface area contributed by atoms with Gasteiger partial charge >= 0.3 is 0 Å². The van der Waals surface area contributed by atoms with Crippen molar-refractivity contribution in [3.8, 4) is 134 Å². The van der Waals surface area contributed by atoms with Crippen LogP contribution >= 0.6 is 0 Å². The molecule has 0 saturated carbocycles. The molecule has 0 amide bonds. The van der Waals surface area contributed by atoms with Gasteiger partial charge in [0.05, 0.1) is 71.9 Å². The molecule has 0 radical (unpaired) electrons. The third-order valence-electron chi connectivity index (χ3n) is 30.3.